The molecule has 1 amide bonds. The summed E-state index contributed by atoms with van der Waals surface area (Å²) in [5, 5.41) is 3.43. The molecule has 1 aromatic heterocycles. The molecule has 2 aromatic carbocycles. The topological polar surface area (TPSA) is 82.2 Å². The highest BCUT2D eigenvalue weighted by Crippen LogP contribution is 2.41. The van der Waals surface area contributed by atoms with Gasteiger partial charge >= 0.3 is 0 Å². The summed E-state index contributed by atoms with van der Waals surface area (Å²) in [5.41, 5.74) is 7.88. The lowest BCUT2D eigenvalue weighted by Crippen LogP contribution is -2.30. The number of hydrogen-bond donors (Lipinski definition) is 2. The van der Waals surface area contributed by atoms with Gasteiger partial charge in [0.25, 0.3) is 5.91 Å². The number of imidazole rings is 1. The number of hydrogen-bond acceptors (Lipinski definition) is 4. The van der Waals surface area contributed by atoms with E-state index in [-0.39, 0.29) is 0 Å². The van der Waals surface area contributed by atoms with Gasteiger partial charge in [-0.3, -0.25) is 4.79 Å². The number of amides is 1. The number of nitrogens with zero attached hydrogens (tertiary/aromatic N) is 2. The molecule has 6 heteroatoms. The molecular weight excluding hydrogens is 376 g/mol. The average molecular weight is 402 g/mol. The first-order valence-electron chi connectivity index (χ1n) is 10.6. The number of piperidine rings is 1. The molecule has 1 fully saturated rings. The number of rotatable bonds is 5. The Morgan fingerprint density at radius 3 is 2.40 bits per heavy atom. The smallest absolute Gasteiger partial charge is 0.267 e. The van der Waals surface area contributed by atoms with Crippen LogP contribution < -0.4 is 15.8 Å². The molecule has 3 heterocycles. The van der Waals surface area contributed by atoms with Gasteiger partial charge in [-0.25, -0.2) is 4.98 Å². The highest BCUT2D eigenvalue weighted by Gasteiger charge is 2.36. The molecule has 1 unspecified atom stereocenters. The second-order valence-electron chi connectivity index (χ2n) is 8.11. The van der Waals surface area contributed by atoms with Crippen molar-refractivity contribution in [2.24, 2.45) is 11.7 Å². The summed E-state index contributed by atoms with van der Waals surface area (Å²) in [7, 11) is 0. The van der Waals surface area contributed by atoms with Crippen LogP contribution in [0.1, 0.15) is 41.5 Å². The van der Waals surface area contributed by atoms with Crippen molar-refractivity contribution in [3.05, 3.63) is 66.1 Å². The molecule has 2 aliphatic rings. The number of nitrogens with one attached hydrogen (secondary N) is 1. The maximum atomic E-state index is 12.3. The molecule has 3 aromatic rings. The minimum atomic E-state index is -0.417. The number of para-hydroxylation sites is 1. The van der Waals surface area contributed by atoms with Crippen molar-refractivity contribution in [1.82, 2.24) is 14.9 Å². The third kappa shape index (κ3) is 3.48. The number of benzene rings is 2. The van der Waals surface area contributed by atoms with E-state index in [1.807, 2.05) is 54.6 Å². The predicted molar refractivity (Wildman–Crippen MR) is 116 cm³/mol. The lowest BCUT2D eigenvalue weighted by Gasteiger charge is -2.27. The predicted octanol–water partition coefficient (Wildman–Crippen LogP) is 3.93. The SMILES string of the molecule is NC(=O)c1c(-c2ccc(Oc3ccccc3)cc2)nc2n1CCC2C1CCNCC1. The van der Waals surface area contributed by atoms with Crippen LogP contribution in [-0.4, -0.2) is 28.5 Å². The van der Waals surface area contributed by atoms with Crippen molar-refractivity contribution < 1.29 is 9.53 Å². The Labute approximate surface area is 176 Å². The largest absolute Gasteiger partial charge is 0.457 e. The maximum Gasteiger partial charge on any atom is 0.267 e. The number of carbonyl (C=O) groups is 1. The van der Waals surface area contributed by atoms with E-state index in [1.54, 1.807) is 0 Å². The summed E-state index contributed by atoms with van der Waals surface area (Å²) in [6.07, 6.45) is 3.35. The van der Waals surface area contributed by atoms with Gasteiger partial charge in [-0.2, -0.15) is 0 Å². The third-order valence-electron chi connectivity index (χ3n) is 6.29. The molecule has 1 saturated heterocycles. The highest BCUT2D eigenvalue weighted by atomic mass is 16.5. The van der Waals surface area contributed by atoms with E-state index in [4.69, 9.17) is 15.5 Å². The fourth-order valence-electron chi connectivity index (χ4n) is 4.83. The standard InChI is InChI=1S/C24H26N4O2/c25-23(29)22-21(17-6-8-19(9-7-17)30-18-4-2-1-3-5-18)27-24-20(12-15-28(22)24)16-10-13-26-14-11-16/h1-9,16,20,26H,10-15H2,(H2,25,29). The van der Waals surface area contributed by atoms with Gasteiger partial charge in [0.05, 0.1) is 0 Å². The number of fused-ring (bicyclic) bond motifs is 1. The van der Waals surface area contributed by atoms with Crippen molar-refractivity contribution in [3.63, 3.8) is 0 Å². The van der Waals surface area contributed by atoms with E-state index >= 15 is 0 Å². The van der Waals surface area contributed by atoms with Crippen LogP contribution in [0.25, 0.3) is 11.3 Å². The zero-order valence-electron chi connectivity index (χ0n) is 16.9. The molecule has 0 radical (unpaired) electrons. The Hall–Kier alpha value is -3.12. The first-order valence-corrected chi connectivity index (χ1v) is 10.6. The van der Waals surface area contributed by atoms with Crippen LogP contribution in [0.15, 0.2) is 54.6 Å². The van der Waals surface area contributed by atoms with Gasteiger partial charge in [0.15, 0.2) is 0 Å². The molecule has 5 rings (SSSR count). The number of carbonyl (C=O) groups excluding carboxylic acids is 1. The zero-order valence-corrected chi connectivity index (χ0v) is 16.9. The Morgan fingerprint density at radius 2 is 1.70 bits per heavy atom. The zero-order chi connectivity index (χ0) is 20.5. The lowest BCUT2D eigenvalue weighted by atomic mass is 9.83. The summed E-state index contributed by atoms with van der Waals surface area (Å²) in [5.74, 6) is 3.15. The van der Waals surface area contributed by atoms with Gasteiger partial charge in [-0.1, -0.05) is 18.2 Å². The van der Waals surface area contributed by atoms with Crippen LogP contribution in [0.3, 0.4) is 0 Å². The normalized spacial score (nSPS) is 18.9. The quantitative estimate of drug-likeness (QED) is 0.677. The van der Waals surface area contributed by atoms with E-state index in [0.717, 1.165) is 61.8 Å². The van der Waals surface area contributed by atoms with Crippen LogP contribution >= 0.6 is 0 Å². The summed E-state index contributed by atoms with van der Waals surface area (Å²) < 4.78 is 7.94. The van der Waals surface area contributed by atoms with Crippen molar-refractivity contribution >= 4 is 5.91 Å². The van der Waals surface area contributed by atoms with E-state index in [1.165, 1.54) is 0 Å². The first-order chi connectivity index (χ1) is 14.7. The summed E-state index contributed by atoms with van der Waals surface area (Å²) in [6, 6.07) is 17.4. The van der Waals surface area contributed by atoms with Crippen LogP contribution in [0.5, 0.6) is 11.5 Å². The molecule has 154 valence electrons. The second-order valence-corrected chi connectivity index (χ2v) is 8.11. The Kier molecular flexibility index (Phi) is 5.01. The molecule has 30 heavy (non-hydrogen) atoms. The van der Waals surface area contributed by atoms with Crippen LogP contribution in [0.4, 0.5) is 0 Å². The van der Waals surface area contributed by atoms with Crippen molar-refractivity contribution in [1.29, 1.82) is 0 Å². The molecule has 3 N–H and O–H groups in total. The highest BCUT2D eigenvalue weighted by molar-refractivity contribution is 5.97. The van der Waals surface area contributed by atoms with E-state index in [0.29, 0.717) is 23.2 Å². The fourth-order valence-corrected chi connectivity index (χ4v) is 4.83. The third-order valence-corrected chi connectivity index (χ3v) is 6.29. The van der Waals surface area contributed by atoms with Gasteiger partial charge in [-0.05, 0) is 74.7 Å². The maximum absolute atomic E-state index is 12.3. The molecule has 0 aliphatic carbocycles. The van der Waals surface area contributed by atoms with Gasteiger partial charge in [0.1, 0.15) is 28.7 Å². The van der Waals surface area contributed by atoms with E-state index in [2.05, 4.69) is 9.88 Å². The Morgan fingerprint density at radius 1 is 1.00 bits per heavy atom. The molecule has 6 nitrogen and oxygen atoms in total. The van der Waals surface area contributed by atoms with Crippen molar-refractivity contribution in [2.75, 3.05) is 13.1 Å². The van der Waals surface area contributed by atoms with Gasteiger partial charge in [0, 0.05) is 18.0 Å². The van der Waals surface area contributed by atoms with E-state index in [9.17, 15) is 4.79 Å². The average Bonchev–Trinajstić information content (AvgIpc) is 3.35. The van der Waals surface area contributed by atoms with E-state index < -0.39 is 5.91 Å². The summed E-state index contributed by atoms with van der Waals surface area (Å²) >= 11 is 0. The minimum Gasteiger partial charge on any atom is -0.457 e. The number of aromatic nitrogens is 2. The lowest BCUT2D eigenvalue weighted by molar-refractivity contribution is 0.0992. The molecule has 1 atom stereocenters. The second kappa shape index (κ2) is 7.95. The van der Waals surface area contributed by atoms with Crippen LogP contribution in [0.2, 0.25) is 0 Å². The van der Waals surface area contributed by atoms with Gasteiger partial charge < -0.3 is 20.4 Å². The first kappa shape index (κ1) is 18.9. The number of nitrogens with two attached hydrogens (primary N) is 1. The van der Waals surface area contributed by atoms with Gasteiger partial charge in [-0.15, -0.1) is 0 Å². The molecule has 0 bridgehead atoms. The Bertz CT molecular complexity index is 1040. The minimum absolute atomic E-state index is 0.402. The van der Waals surface area contributed by atoms with Crippen LogP contribution in [0, 0.1) is 5.92 Å². The Balaban J connectivity index is 1.45. The summed E-state index contributed by atoms with van der Waals surface area (Å²) in [6.45, 7) is 2.92. The molecule has 0 saturated carbocycles. The molecule has 2 aliphatic heterocycles. The molecule has 0 spiro atoms. The van der Waals surface area contributed by atoms with Crippen molar-refractivity contribution in [2.45, 2.75) is 31.7 Å². The monoisotopic (exact) mass is 402 g/mol. The fraction of sp³-hybridized carbons (Fsp3) is 0.333. The van der Waals surface area contributed by atoms with Gasteiger partial charge in [0.2, 0.25) is 0 Å². The number of ether oxygens (including phenoxy) is 1. The van der Waals surface area contributed by atoms with Crippen molar-refractivity contribution in [3.8, 4) is 22.8 Å². The van der Waals surface area contributed by atoms with Crippen LogP contribution in [-0.2, 0) is 6.54 Å². The number of primary amides is 1. The molecular formula is C24H26N4O2. The summed E-state index contributed by atoms with van der Waals surface area (Å²) in [4.78, 5) is 17.3.